The molecule has 31 heavy (non-hydrogen) atoms. The van der Waals surface area contributed by atoms with Crippen LogP contribution in [0.3, 0.4) is 0 Å². The largest absolute Gasteiger partial charge is 0.494 e. The van der Waals surface area contributed by atoms with Crippen molar-refractivity contribution in [1.29, 1.82) is 0 Å². The predicted octanol–water partition coefficient (Wildman–Crippen LogP) is 3.73. The molecule has 4 rings (SSSR count). The molecule has 2 unspecified atom stereocenters. The smallest absolute Gasteiger partial charge is 0.312 e. The maximum Gasteiger partial charge on any atom is 0.312 e. The molecule has 7 heteroatoms. The molecule has 1 aromatic heterocycles. The molecule has 2 atom stereocenters. The van der Waals surface area contributed by atoms with Crippen LogP contribution in [0.4, 0.5) is 5.69 Å². The van der Waals surface area contributed by atoms with E-state index in [9.17, 15) is 14.4 Å². The number of anilines is 1. The van der Waals surface area contributed by atoms with Crippen LogP contribution in [0.1, 0.15) is 30.6 Å². The minimum atomic E-state index is -0.943. The standard InChI is InChI=1S/C24H24N2O5/c1-3-30-18-10-8-17(9-11-18)26-14-16(12-22(26)27)24(29)31-15(2)23(28)20-13-25-21-7-5-4-6-19(20)21/h4-11,13,15-16,25H,3,12,14H2,1-2H3. The fourth-order valence-electron chi connectivity index (χ4n) is 3.82. The van der Waals surface area contributed by atoms with Gasteiger partial charge in [-0.1, -0.05) is 18.2 Å². The zero-order chi connectivity index (χ0) is 22.0. The molecule has 0 radical (unpaired) electrons. The van der Waals surface area contributed by atoms with Crippen molar-refractivity contribution in [2.24, 2.45) is 5.92 Å². The van der Waals surface area contributed by atoms with Crippen molar-refractivity contribution in [3.63, 3.8) is 0 Å². The third-order valence-electron chi connectivity index (χ3n) is 5.43. The van der Waals surface area contributed by atoms with E-state index < -0.39 is 18.0 Å². The monoisotopic (exact) mass is 420 g/mol. The highest BCUT2D eigenvalue weighted by molar-refractivity contribution is 6.10. The van der Waals surface area contributed by atoms with E-state index in [4.69, 9.17) is 9.47 Å². The van der Waals surface area contributed by atoms with Gasteiger partial charge < -0.3 is 19.4 Å². The normalized spacial score (nSPS) is 17.0. The van der Waals surface area contributed by atoms with Gasteiger partial charge >= 0.3 is 5.97 Å². The van der Waals surface area contributed by atoms with Gasteiger partial charge in [0, 0.05) is 41.3 Å². The van der Waals surface area contributed by atoms with E-state index in [2.05, 4.69) is 4.98 Å². The van der Waals surface area contributed by atoms with Crippen molar-refractivity contribution >= 4 is 34.3 Å². The van der Waals surface area contributed by atoms with Crippen LogP contribution in [-0.2, 0) is 14.3 Å². The van der Waals surface area contributed by atoms with Gasteiger partial charge in [0.05, 0.1) is 12.5 Å². The first-order valence-electron chi connectivity index (χ1n) is 10.3. The summed E-state index contributed by atoms with van der Waals surface area (Å²) in [5.74, 6) is -0.863. The Hall–Kier alpha value is -3.61. The number of carbonyl (C=O) groups is 3. The molecular weight excluding hydrogens is 396 g/mol. The van der Waals surface area contributed by atoms with Crippen molar-refractivity contribution in [2.45, 2.75) is 26.4 Å². The van der Waals surface area contributed by atoms with Gasteiger partial charge in [0.2, 0.25) is 11.7 Å². The van der Waals surface area contributed by atoms with Gasteiger partial charge in [-0.2, -0.15) is 0 Å². The summed E-state index contributed by atoms with van der Waals surface area (Å²) >= 11 is 0. The Balaban J connectivity index is 1.40. The summed E-state index contributed by atoms with van der Waals surface area (Å²) < 4.78 is 10.9. The molecule has 1 aliphatic heterocycles. The number of para-hydroxylation sites is 1. The summed E-state index contributed by atoms with van der Waals surface area (Å²) in [6.07, 6.45) is 0.741. The first-order chi connectivity index (χ1) is 15.0. The summed E-state index contributed by atoms with van der Waals surface area (Å²) in [4.78, 5) is 42.6. The number of rotatable bonds is 7. The Kier molecular flexibility index (Phi) is 5.75. The summed E-state index contributed by atoms with van der Waals surface area (Å²) in [6, 6.07) is 14.6. The fraction of sp³-hybridized carbons (Fsp3) is 0.292. The number of nitrogens with one attached hydrogen (secondary N) is 1. The van der Waals surface area contributed by atoms with E-state index in [0.717, 1.165) is 16.7 Å². The van der Waals surface area contributed by atoms with E-state index in [1.54, 1.807) is 42.3 Å². The molecule has 0 spiro atoms. The Morgan fingerprint density at radius 1 is 1.16 bits per heavy atom. The van der Waals surface area contributed by atoms with Gasteiger partial charge in [0.25, 0.3) is 0 Å². The number of H-pyrrole nitrogens is 1. The summed E-state index contributed by atoms with van der Waals surface area (Å²) in [5, 5.41) is 0.785. The topological polar surface area (TPSA) is 88.7 Å². The van der Waals surface area contributed by atoms with Crippen LogP contribution in [0.15, 0.2) is 54.7 Å². The van der Waals surface area contributed by atoms with Crippen LogP contribution in [0.25, 0.3) is 10.9 Å². The van der Waals surface area contributed by atoms with Crippen molar-refractivity contribution in [3.8, 4) is 5.75 Å². The highest BCUT2D eigenvalue weighted by atomic mass is 16.5. The van der Waals surface area contributed by atoms with Gasteiger partial charge in [-0.25, -0.2) is 0 Å². The van der Waals surface area contributed by atoms with E-state index in [0.29, 0.717) is 17.9 Å². The average Bonchev–Trinajstić information content (AvgIpc) is 3.38. The third kappa shape index (κ3) is 4.17. The van der Waals surface area contributed by atoms with E-state index >= 15 is 0 Å². The molecule has 0 bridgehead atoms. The Labute approximate surface area is 179 Å². The summed E-state index contributed by atoms with van der Waals surface area (Å²) in [6.45, 7) is 4.24. The maximum absolute atomic E-state index is 12.8. The minimum Gasteiger partial charge on any atom is -0.494 e. The van der Waals surface area contributed by atoms with E-state index in [-0.39, 0.29) is 24.7 Å². The van der Waals surface area contributed by atoms with Gasteiger partial charge in [-0.3, -0.25) is 14.4 Å². The van der Waals surface area contributed by atoms with Crippen molar-refractivity contribution < 1.29 is 23.9 Å². The number of esters is 1. The molecule has 0 saturated carbocycles. The molecule has 3 aromatic rings. The molecule has 1 N–H and O–H groups in total. The molecule has 2 aromatic carbocycles. The van der Waals surface area contributed by atoms with Gasteiger partial charge in [0.15, 0.2) is 6.10 Å². The van der Waals surface area contributed by atoms with Crippen LogP contribution in [0, 0.1) is 5.92 Å². The Morgan fingerprint density at radius 3 is 2.65 bits per heavy atom. The lowest BCUT2D eigenvalue weighted by Gasteiger charge is -2.18. The number of fused-ring (bicyclic) bond motifs is 1. The molecule has 1 saturated heterocycles. The first kappa shape index (κ1) is 20.7. The number of hydrogen-bond donors (Lipinski definition) is 1. The lowest BCUT2D eigenvalue weighted by Crippen LogP contribution is -2.30. The third-order valence-corrected chi connectivity index (χ3v) is 5.43. The molecule has 0 aliphatic carbocycles. The summed E-state index contributed by atoms with van der Waals surface area (Å²) in [5.41, 5.74) is 2.03. The average molecular weight is 420 g/mol. The van der Waals surface area contributed by atoms with Gasteiger partial charge in [-0.05, 0) is 44.2 Å². The SMILES string of the molecule is CCOc1ccc(N2CC(C(=O)OC(C)C(=O)c3c[nH]c4ccccc34)CC2=O)cc1. The number of ether oxygens (including phenoxy) is 2. The minimum absolute atomic E-state index is 0.0556. The van der Waals surface area contributed by atoms with Gasteiger partial charge in [0.1, 0.15) is 5.75 Å². The number of aromatic amines is 1. The Morgan fingerprint density at radius 2 is 1.90 bits per heavy atom. The van der Waals surface area contributed by atoms with Crippen molar-refractivity contribution in [2.75, 3.05) is 18.1 Å². The second kappa shape index (κ2) is 8.63. The van der Waals surface area contributed by atoms with Crippen LogP contribution >= 0.6 is 0 Å². The van der Waals surface area contributed by atoms with Crippen LogP contribution in [-0.4, -0.2) is 41.9 Å². The highest BCUT2D eigenvalue weighted by Gasteiger charge is 2.37. The number of nitrogens with zero attached hydrogens (tertiary/aromatic N) is 1. The number of ketones is 1. The maximum atomic E-state index is 12.8. The van der Waals surface area contributed by atoms with E-state index in [1.807, 2.05) is 31.2 Å². The number of carbonyl (C=O) groups excluding carboxylic acids is 3. The second-order valence-electron chi connectivity index (χ2n) is 7.52. The zero-order valence-electron chi connectivity index (χ0n) is 17.5. The molecular formula is C24H24N2O5. The molecule has 1 fully saturated rings. The van der Waals surface area contributed by atoms with Crippen molar-refractivity contribution in [3.05, 3.63) is 60.3 Å². The quantitative estimate of drug-likeness (QED) is 0.465. The first-order valence-corrected chi connectivity index (χ1v) is 10.3. The van der Waals surface area contributed by atoms with Crippen molar-refractivity contribution in [1.82, 2.24) is 4.98 Å². The molecule has 1 amide bonds. The molecule has 7 nitrogen and oxygen atoms in total. The van der Waals surface area contributed by atoms with Crippen LogP contribution in [0.5, 0.6) is 5.75 Å². The fourth-order valence-corrected chi connectivity index (χ4v) is 3.82. The predicted molar refractivity (Wildman–Crippen MR) is 116 cm³/mol. The number of benzene rings is 2. The number of amides is 1. The highest BCUT2D eigenvalue weighted by Crippen LogP contribution is 2.28. The lowest BCUT2D eigenvalue weighted by molar-refractivity contribution is -0.151. The lowest BCUT2D eigenvalue weighted by atomic mass is 10.1. The summed E-state index contributed by atoms with van der Waals surface area (Å²) in [7, 11) is 0. The zero-order valence-corrected chi connectivity index (χ0v) is 17.5. The Bertz CT molecular complexity index is 1120. The molecule has 160 valence electrons. The number of Topliss-reactive ketones (excluding diaryl/α,β-unsaturated/α-hetero) is 1. The van der Waals surface area contributed by atoms with E-state index in [1.165, 1.54) is 0 Å². The van der Waals surface area contributed by atoms with Crippen LogP contribution < -0.4 is 9.64 Å². The van der Waals surface area contributed by atoms with Gasteiger partial charge in [-0.15, -0.1) is 0 Å². The number of hydrogen-bond acceptors (Lipinski definition) is 5. The second-order valence-corrected chi connectivity index (χ2v) is 7.52. The molecule has 2 heterocycles. The number of aromatic nitrogens is 1. The van der Waals surface area contributed by atoms with Crippen LogP contribution in [0.2, 0.25) is 0 Å². The molecule has 1 aliphatic rings.